The van der Waals surface area contributed by atoms with Crippen molar-refractivity contribution < 1.29 is 13.2 Å². The highest BCUT2D eigenvalue weighted by molar-refractivity contribution is 7.16. The van der Waals surface area contributed by atoms with Crippen molar-refractivity contribution in [2.45, 2.75) is 12.7 Å². The van der Waals surface area contributed by atoms with Gasteiger partial charge in [0.2, 0.25) is 5.82 Å². The van der Waals surface area contributed by atoms with Crippen molar-refractivity contribution in [2.24, 2.45) is 0 Å². The first-order valence-corrected chi connectivity index (χ1v) is 6.52. The van der Waals surface area contributed by atoms with Gasteiger partial charge in [-0.05, 0) is 12.1 Å². The van der Waals surface area contributed by atoms with Crippen molar-refractivity contribution in [3.05, 3.63) is 38.4 Å². The molecule has 0 spiro atoms. The predicted molar refractivity (Wildman–Crippen MR) is 68.7 cm³/mol. The van der Waals surface area contributed by atoms with Gasteiger partial charge in [0.05, 0.1) is 10.9 Å². The standard InChI is InChI=1S/C10H6Cl2F3N3S/c11-6-3-8(18-9(17-6)10(13,14)15)16-4-5-1-2-7(12)19-5/h1-3H,4H2,(H,16,17,18). The van der Waals surface area contributed by atoms with Crippen LogP contribution in [0.4, 0.5) is 19.0 Å². The van der Waals surface area contributed by atoms with E-state index in [0.29, 0.717) is 10.9 Å². The zero-order valence-corrected chi connectivity index (χ0v) is 11.5. The van der Waals surface area contributed by atoms with Gasteiger partial charge in [0.1, 0.15) is 11.0 Å². The Bertz CT molecular complexity index is 586. The maximum atomic E-state index is 12.5. The summed E-state index contributed by atoms with van der Waals surface area (Å²) in [7, 11) is 0. The molecule has 0 unspecified atom stereocenters. The maximum absolute atomic E-state index is 12.5. The topological polar surface area (TPSA) is 37.8 Å². The Morgan fingerprint density at radius 2 is 1.95 bits per heavy atom. The molecule has 0 bridgehead atoms. The molecule has 0 amide bonds. The molecule has 3 nitrogen and oxygen atoms in total. The van der Waals surface area contributed by atoms with E-state index in [1.54, 1.807) is 12.1 Å². The van der Waals surface area contributed by atoms with E-state index < -0.39 is 12.0 Å². The Balaban J connectivity index is 2.14. The molecule has 0 aliphatic rings. The zero-order valence-electron chi connectivity index (χ0n) is 9.13. The summed E-state index contributed by atoms with van der Waals surface area (Å²) < 4.78 is 38.1. The number of thiophene rings is 1. The molecule has 0 aliphatic carbocycles. The maximum Gasteiger partial charge on any atom is 0.451 e. The minimum atomic E-state index is -4.63. The van der Waals surface area contributed by atoms with Crippen LogP contribution in [-0.2, 0) is 12.7 Å². The summed E-state index contributed by atoms with van der Waals surface area (Å²) >= 11 is 12.6. The van der Waals surface area contributed by atoms with Crippen LogP contribution in [0.1, 0.15) is 10.7 Å². The van der Waals surface area contributed by atoms with Gasteiger partial charge in [0, 0.05) is 10.9 Å². The first-order valence-electron chi connectivity index (χ1n) is 4.94. The lowest BCUT2D eigenvalue weighted by Gasteiger charge is -2.08. The van der Waals surface area contributed by atoms with Gasteiger partial charge in [0.25, 0.3) is 0 Å². The van der Waals surface area contributed by atoms with Gasteiger partial charge in [0.15, 0.2) is 0 Å². The SMILES string of the molecule is FC(F)(F)c1nc(Cl)cc(NCc2ccc(Cl)s2)n1. The molecular weight excluding hydrogens is 322 g/mol. The van der Waals surface area contributed by atoms with Gasteiger partial charge in [-0.2, -0.15) is 13.2 Å². The second-order valence-electron chi connectivity index (χ2n) is 3.46. The minimum Gasteiger partial charge on any atom is -0.365 e. The lowest BCUT2D eigenvalue weighted by atomic mass is 10.4. The number of nitrogens with one attached hydrogen (secondary N) is 1. The summed E-state index contributed by atoms with van der Waals surface area (Å²) in [6, 6.07) is 4.71. The molecule has 0 aromatic carbocycles. The highest BCUT2D eigenvalue weighted by Crippen LogP contribution is 2.28. The predicted octanol–water partition coefficient (Wildman–Crippen LogP) is 4.48. The smallest absolute Gasteiger partial charge is 0.365 e. The van der Waals surface area contributed by atoms with E-state index in [-0.39, 0.29) is 11.0 Å². The summed E-state index contributed by atoms with van der Waals surface area (Å²) in [5.74, 6) is -1.26. The number of rotatable bonds is 3. The number of alkyl halides is 3. The Morgan fingerprint density at radius 3 is 2.53 bits per heavy atom. The first-order chi connectivity index (χ1) is 8.84. The Morgan fingerprint density at radius 1 is 1.21 bits per heavy atom. The fraction of sp³-hybridized carbons (Fsp3) is 0.200. The summed E-state index contributed by atoms with van der Waals surface area (Å²) in [5.41, 5.74) is 0. The fourth-order valence-electron chi connectivity index (χ4n) is 1.26. The average Bonchev–Trinajstić information content (AvgIpc) is 2.71. The molecule has 2 heterocycles. The summed E-state index contributed by atoms with van der Waals surface area (Å²) in [5, 5.41) is 2.47. The highest BCUT2D eigenvalue weighted by atomic mass is 35.5. The highest BCUT2D eigenvalue weighted by Gasteiger charge is 2.35. The van der Waals surface area contributed by atoms with Gasteiger partial charge in [-0.3, -0.25) is 0 Å². The van der Waals surface area contributed by atoms with Crippen LogP contribution in [-0.4, -0.2) is 9.97 Å². The Labute approximate surface area is 120 Å². The molecule has 0 fully saturated rings. The van der Waals surface area contributed by atoms with Crippen molar-refractivity contribution in [1.82, 2.24) is 9.97 Å². The number of nitrogens with zero attached hydrogens (tertiary/aromatic N) is 2. The third kappa shape index (κ3) is 3.95. The molecule has 2 aromatic heterocycles. The second kappa shape index (κ2) is 5.52. The van der Waals surface area contributed by atoms with E-state index in [4.69, 9.17) is 23.2 Å². The third-order valence-electron chi connectivity index (χ3n) is 2.02. The molecule has 0 radical (unpaired) electrons. The number of aromatic nitrogens is 2. The van der Waals surface area contributed by atoms with E-state index >= 15 is 0 Å². The zero-order chi connectivity index (χ0) is 14.0. The van der Waals surface area contributed by atoms with Gasteiger partial charge < -0.3 is 5.32 Å². The number of anilines is 1. The van der Waals surface area contributed by atoms with E-state index in [9.17, 15) is 13.2 Å². The quantitative estimate of drug-likeness (QED) is 0.845. The Kier molecular flexibility index (Phi) is 4.17. The largest absolute Gasteiger partial charge is 0.451 e. The fourth-order valence-corrected chi connectivity index (χ4v) is 2.47. The van der Waals surface area contributed by atoms with Crippen LogP contribution in [0, 0.1) is 0 Å². The molecule has 0 saturated carbocycles. The lowest BCUT2D eigenvalue weighted by molar-refractivity contribution is -0.144. The first kappa shape index (κ1) is 14.4. The Hall–Kier alpha value is -1.05. The lowest BCUT2D eigenvalue weighted by Crippen LogP contribution is -2.13. The van der Waals surface area contributed by atoms with Crippen LogP contribution in [0.25, 0.3) is 0 Å². The molecule has 1 N–H and O–H groups in total. The van der Waals surface area contributed by atoms with Crippen LogP contribution >= 0.6 is 34.5 Å². The molecule has 2 rings (SSSR count). The number of hydrogen-bond acceptors (Lipinski definition) is 4. The number of hydrogen-bond donors (Lipinski definition) is 1. The van der Waals surface area contributed by atoms with Gasteiger partial charge in [-0.15, -0.1) is 11.3 Å². The van der Waals surface area contributed by atoms with Crippen molar-refractivity contribution in [1.29, 1.82) is 0 Å². The normalized spacial score (nSPS) is 11.6. The van der Waals surface area contributed by atoms with Crippen molar-refractivity contribution in [3.8, 4) is 0 Å². The van der Waals surface area contributed by atoms with E-state index in [0.717, 1.165) is 4.88 Å². The molecule has 0 aliphatic heterocycles. The van der Waals surface area contributed by atoms with Crippen LogP contribution in [0.15, 0.2) is 18.2 Å². The van der Waals surface area contributed by atoms with E-state index in [1.165, 1.54) is 17.4 Å². The van der Waals surface area contributed by atoms with Crippen LogP contribution in [0.3, 0.4) is 0 Å². The molecule has 9 heteroatoms. The van der Waals surface area contributed by atoms with Gasteiger partial charge >= 0.3 is 6.18 Å². The molecular formula is C10H6Cl2F3N3S. The van der Waals surface area contributed by atoms with Crippen LogP contribution in [0.5, 0.6) is 0 Å². The molecule has 102 valence electrons. The molecule has 19 heavy (non-hydrogen) atoms. The monoisotopic (exact) mass is 327 g/mol. The van der Waals surface area contributed by atoms with Crippen molar-refractivity contribution in [2.75, 3.05) is 5.32 Å². The van der Waals surface area contributed by atoms with Gasteiger partial charge in [-0.1, -0.05) is 23.2 Å². The summed E-state index contributed by atoms with van der Waals surface area (Å²) in [4.78, 5) is 7.37. The molecule has 0 saturated heterocycles. The van der Waals surface area contributed by atoms with Crippen LogP contribution < -0.4 is 5.32 Å². The third-order valence-corrected chi connectivity index (χ3v) is 3.45. The van der Waals surface area contributed by atoms with Crippen molar-refractivity contribution >= 4 is 40.4 Å². The van der Waals surface area contributed by atoms with E-state index in [1.807, 2.05) is 0 Å². The van der Waals surface area contributed by atoms with Gasteiger partial charge in [-0.25, -0.2) is 9.97 Å². The summed E-state index contributed by atoms with van der Waals surface area (Å²) in [6.07, 6.45) is -4.63. The minimum absolute atomic E-state index is 0.0110. The van der Waals surface area contributed by atoms with E-state index in [2.05, 4.69) is 15.3 Å². The average molecular weight is 328 g/mol. The molecule has 0 atom stereocenters. The van der Waals surface area contributed by atoms with Crippen molar-refractivity contribution in [3.63, 3.8) is 0 Å². The number of halogens is 5. The summed E-state index contributed by atoms with van der Waals surface area (Å²) in [6.45, 7) is 0.308. The molecule has 2 aromatic rings. The van der Waals surface area contributed by atoms with Crippen LogP contribution in [0.2, 0.25) is 9.49 Å². The second-order valence-corrected chi connectivity index (χ2v) is 5.64.